The van der Waals surface area contributed by atoms with Crippen LogP contribution in [0.2, 0.25) is 5.28 Å². The zero-order valence-corrected chi connectivity index (χ0v) is 8.67. The van der Waals surface area contributed by atoms with Crippen molar-refractivity contribution in [3.05, 3.63) is 17.0 Å². The van der Waals surface area contributed by atoms with Gasteiger partial charge < -0.3 is 10.6 Å². The number of nitrogens with two attached hydrogens (primary N) is 1. The van der Waals surface area contributed by atoms with Gasteiger partial charge in [-0.15, -0.1) is 0 Å². The van der Waals surface area contributed by atoms with Crippen molar-refractivity contribution in [3.8, 4) is 0 Å². The highest BCUT2D eigenvalue weighted by Gasteiger charge is 2.14. The van der Waals surface area contributed by atoms with E-state index >= 15 is 0 Å². The maximum atomic E-state index is 5.80. The molecule has 1 aliphatic rings. The standard InChI is InChI=1S/C9H13ClN4/c10-9-12-7(6-11)5-8(13-9)14-3-1-2-4-14/h5H,1-4,6,11H2. The molecule has 0 aliphatic carbocycles. The molecule has 0 bridgehead atoms. The summed E-state index contributed by atoms with van der Waals surface area (Å²) in [7, 11) is 0. The SMILES string of the molecule is NCc1cc(N2CCCC2)nc(Cl)n1. The molecule has 1 aromatic heterocycles. The van der Waals surface area contributed by atoms with Gasteiger partial charge in [0.2, 0.25) is 5.28 Å². The predicted molar refractivity (Wildman–Crippen MR) is 56.4 cm³/mol. The van der Waals surface area contributed by atoms with Crippen LogP contribution < -0.4 is 10.6 Å². The molecule has 76 valence electrons. The van der Waals surface area contributed by atoms with E-state index in [1.165, 1.54) is 12.8 Å². The second-order valence-corrected chi connectivity index (χ2v) is 3.72. The van der Waals surface area contributed by atoms with Crippen molar-refractivity contribution in [2.24, 2.45) is 5.73 Å². The molecule has 2 heterocycles. The monoisotopic (exact) mass is 212 g/mol. The van der Waals surface area contributed by atoms with Crippen LogP contribution in [0.5, 0.6) is 0 Å². The van der Waals surface area contributed by atoms with E-state index in [0.717, 1.165) is 24.6 Å². The predicted octanol–water partition coefficient (Wildman–Crippen LogP) is 1.19. The third-order valence-electron chi connectivity index (χ3n) is 2.38. The van der Waals surface area contributed by atoms with E-state index in [1.807, 2.05) is 6.07 Å². The molecule has 2 rings (SSSR count). The van der Waals surface area contributed by atoms with Crippen molar-refractivity contribution >= 4 is 17.4 Å². The number of aromatic nitrogens is 2. The number of hydrogen-bond donors (Lipinski definition) is 1. The summed E-state index contributed by atoms with van der Waals surface area (Å²) in [6.45, 7) is 2.51. The van der Waals surface area contributed by atoms with Crippen LogP contribution in [0.1, 0.15) is 18.5 Å². The van der Waals surface area contributed by atoms with Crippen LogP contribution in [0.3, 0.4) is 0 Å². The quantitative estimate of drug-likeness (QED) is 0.749. The minimum absolute atomic E-state index is 0.287. The molecule has 0 amide bonds. The topological polar surface area (TPSA) is 55.0 Å². The van der Waals surface area contributed by atoms with Crippen LogP contribution in [-0.4, -0.2) is 23.1 Å². The van der Waals surface area contributed by atoms with Gasteiger partial charge in [-0.2, -0.15) is 0 Å². The lowest BCUT2D eigenvalue weighted by atomic mass is 10.4. The van der Waals surface area contributed by atoms with Gasteiger partial charge in [-0.05, 0) is 24.4 Å². The molecule has 1 aliphatic heterocycles. The third kappa shape index (κ3) is 1.96. The molecule has 0 radical (unpaired) electrons. The molecule has 1 fully saturated rings. The fourth-order valence-corrected chi connectivity index (χ4v) is 1.86. The molecule has 1 aromatic rings. The van der Waals surface area contributed by atoms with Gasteiger partial charge in [0.1, 0.15) is 5.82 Å². The molecular formula is C9H13ClN4. The highest BCUT2D eigenvalue weighted by Crippen LogP contribution is 2.19. The van der Waals surface area contributed by atoms with Crippen LogP contribution in [0.4, 0.5) is 5.82 Å². The van der Waals surface area contributed by atoms with Crippen LogP contribution in [0.25, 0.3) is 0 Å². The Balaban J connectivity index is 2.27. The van der Waals surface area contributed by atoms with Crippen molar-refractivity contribution < 1.29 is 0 Å². The van der Waals surface area contributed by atoms with Crippen molar-refractivity contribution in [1.29, 1.82) is 0 Å². The number of anilines is 1. The summed E-state index contributed by atoms with van der Waals surface area (Å²) < 4.78 is 0. The smallest absolute Gasteiger partial charge is 0.224 e. The summed E-state index contributed by atoms with van der Waals surface area (Å²) in [6.07, 6.45) is 2.44. The van der Waals surface area contributed by atoms with E-state index in [0.29, 0.717) is 6.54 Å². The minimum Gasteiger partial charge on any atom is -0.356 e. The molecule has 0 unspecified atom stereocenters. The maximum absolute atomic E-state index is 5.80. The van der Waals surface area contributed by atoms with E-state index in [-0.39, 0.29) is 5.28 Å². The molecule has 14 heavy (non-hydrogen) atoms. The van der Waals surface area contributed by atoms with E-state index in [9.17, 15) is 0 Å². The van der Waals surface area contributed by atoms with Gasteiger partial charge in [0.05, 0.1) is 5.69 Å². The van der Waals surface area contributed by atoms with Gasteiger partial charge in [-0.25, -0.2) is 9.97 Å². The first-order valence-corrected chi connectivity index (χ1v) is 5.16. The number of halogens is 1. The Labute approximate surface area is 88.1 Å². The Morgan fingerprint density at radius 3 is 2.71 bits per heavy atom. The van der Waals surface area contributed by atoms with Gasteiger partial charge in [0.25, 0.3) is 0 Å². The minimum atomic E-state index is 0.287. The van der Waals surface area contributed by atoms with Gasteiger partial charge in [0.15, 0.2) is 0 Å². The lowest BCUT2D eigenvalue weighted by Crippen LogP contribution is -2.19. The van der Waals surface area contributed by atoms with Crippen LogP contribution in [0, 0.1) is 0 Å². The van der Waals surface area contributed by atoms with Crippen molar-refractivity contribution in [1.82, 2.24) is 9.97 Å². The second kappa shape index (κ2) is 4.11. The van der Waals surface area contributed by atoms with Crippen molar-refractivity contribution in [2.45, 2.75) is 19.4 Å². The third-order valence-corrected chi connectivity index (χ3v) is 2.55. The van der Waals surface area contributed by atoms with Gasteiger partial charge in [-0.3, -0.25) is 0 Å². The van der Waals surface area contributed by atoms with Crippen LogP contribution in [-0.2, 0) is 6.54 Å². The Morgan fingerprint density at radius 2 is 2.07 bits per heavy atom. The molecular weight excluding hydrogens is 200 g/mol. The fourth-order valence-electron chi connectivity index (χ4n) is 1.66. The molecule has 5 heteroatoms. The summed E-state index contributed by atoms with van der Waals surface area (Å²) in [6, 6.07) is 1.91. The van der Waals surface area contributed by atoms with E-state index in [2.05, 4.69) is 14.9 Å². The number of hydrogen-bond acceptors (Lipinski definition) is 4. The first-order valence-electron chi connectivity index (χ1n) is 4.78. The van der Waals surface area contributed by atoms with Gasteiger partial charge in [0, 0.05) is 25.7 Å². The normalized spacial score (nSPS) is 16.3. The molecule has 2 N–H and O–H groups in total. The Bertz CT molecular complexity index is 323. The molecule has 0 aromatic carbocycles. The summed E-state index contributed by atoms with van der Waals surface area (Å²) in [4.78, 5) is 10.4. The molecule has 0 atom stereocenters. The van der Waals surface area contributed by atoms with Gasteiger partial charge in [-0.1, -0.05) is 0 Å². The summed E-state index contributed by atoms with van der Waals surface area (Å²) >= 11 is 5.80. The molecule has 0 saturated carbocycles. The Hall–Kier alpha value is -0.870. The summed E-state index contributed by atoms with van der Waals surface area (Å²) in [5, 5.41) is 0.287. The van der Waals surface area contributed by atoms with Gasteiger partial charge >= 0.3 is 0 Å². The molecule has 4 nitrogen and oxygen atoms in total. The highest BCUT2D eigenvalue weighted by molar-refractivity contribution is 6.28. The Kier molecular flexibility index (Phi) is 2.84. The average Bonchev–Trinajstić information content (AvgIpc) is 2.69. The zero-order valence-electron chi connectivity index (χ0n) is 7.91. The van der Waals surface area contributed by atoms with Crippen molar-refractivity contribution in [3.63, 3.8) is 0 Å². The highest BCUT2D eigenvalue weighted by atomic mass is 35.5. The lowest BCUT2D eigenvalue weighted by molar-refractivity contribution is 0.899. The van der Waals surface area contributed by atoms with E-state index < -0.39 is 0 Å². The largest absolute Gasteiger partial charge is 0.356 e. The average molecular weight is 213 g/mol. The Morgan fingerprint density at radius 1 is 1.36 bits per heavy atom. The summed E-state index contributed by atoms with van der Waals surface area (Å²) in [5.74, 6) is 0.906. The van der Waals surface area contributed by atoms with E-state index in [4.69, 9.17) is 17.3 Å². The fraction of sp³-hybridized carbons (Fsp3) is 0.556. The summed E-state index contributed by atoms with van der Waals surface area (Å²) in [5.41, 5.74) is 6.32. The number of rotatable bonds is 2. The molecule has 1 saturated heterocycles. The van der Waals surface area contributed by atoms with Crippen molar-refractivity contribution in [2.75, 3.05) is 18.0 Å². The first-order chi connectivity index (χ1) is 6.79. The second-order valence-electron chi connectivity index (χ2n) is 3.38. The lowest BCUT2D eigenvalue weighted by Gasteiger charge is -2.16. The first kappa shape index (κ1) is 9.68. The molecule has 0 spiro atoms. The zero-order chi connectivity index (χ0) is 9.97. The number of nitrogens with zero attached hydrogens (tertiary/aromatic N) is 3. The van der Waals surface area contributed by atoms with E-state index in [1.54, 1.807) is 0 Å². The van der Waals surface area contributed by atoms with Crippen LogP contribution in [0.15, 0.2) is 6.07 Å². The maximum Gasteiger partial charge on any atom is 0.224 e. The van der Waals surface area contributed by atoms with Crippen LogP contribution >= 0.6 is 11.6 Å².